The van der Waals surface area contributed by atoms with Crippen molar-refractivity contribution in [3.05, 3.63) is 0 Å². The first-order valence-electron chi connectivity index (χ1n) is 6.54. The maximum Gasteiger partial charge on any atom is 0.410 e. The first-order valence-corrected chi connectivity index (χ1v) is 6.54. The van der Waals surface area contributed by atoms with E-state index in [2.05, 4.69) is 0 Å². The van der Waals surface area contributed by atoms with E-state index >= 15 is 0 Å². The van der Waals surface area contributed by atoms with Gasteiger partial charge in [-0.3, -0.25) is 4.79 Å². The molecule has 0 aromatic rings. The number of carboxylic acid groups (broad SMARTS) is 1. The molecule has 0 saturated carbocycles. The van der Waals surface area contributed by atoms with E-state index in [1.54, 1.807) is 4.90 Å². The lowest BCUT2D eigenvalue weighted by Gasteiger charge is -2.38. The number of nitrogens with zero attached hydrogens (tertiary/aromatic N) is 1. The Bertz CT molecular complexity index is 360. The molecule has 0 radical (unpaired) electrons. The van der Waals surface area contributed by atoms with Gasteiger partial charge in [0.25, 0.3) is 0 Å². The monoisotopic (exact) mass is 255 g/mol. The second-order valence-corrected chi connectivity index (χ2v) is 6.21. The van der Waals surface area contributed by atoms with Crippen LogP contribution in [-0.2, 0) is 9.53 Å². The number of piperidine rings is 1. The van der Waals surface area contributed by atoms with E-state index in [4.69, 9.17) is 4.74 Å². The number of rotatable bonds is 1. The minimum atomic E-state index is -0.797. The van der Waals surface area contributed by atoms with Gasteiger partial charge in [0, 0.05) is 12.1 Å². The largest absolute Gasteiger partial charge is 0.481 e. The van der Waals surface area contributed by atoms with Crippen molar-refractivity contribution in [2.75, 3.05) is 0 Å². The molecule has 2 bridgehead atoms. The minimum absolute atomic E-state index is 0.167. The Morgan fingerprint density at radius 3 is 2.33 bits per heavy atom. The molecule has 3 atom stereocenters. The first-order chi connectivity index (χ1) is 8.29. The summed E-state index contributed by atoms with van der Waals surface area (Å²) < 4.78 is 5.38. The van der Waals surface area contributed by atoms with E-state index in [1.807, 2.05) is 20.8 Å². The number of hydrogen-bond donors (Lipinski definition) is 1. The van der Waals surface area contributed by atoms with Crippen LogP contribution >= 0.6 is 0 Å². The van der Waals surface area contributed by atoms with Crippen LogP contribution in [0.25, 0.3) is 0 Å². The van der Waals surface area contributed by atoms with Crippen LogP contribution in [0.2, 0.25) is 0 Å². The van der Waals surface area contributed by atoms with Gasteiger partial charge in [0.2, 0.25) is 0 Å². The number of hydrogen-bond acceptors (Lipinski definition) is 3. The zero-order chi connectivity index (χ0) is 13.5. The molecule has 1 unspecified atom stereocenters. The molecule has 2 rings (SSSR count). The summed E-state index contributed by atoms with van der Waals surface area (Å²) in [5, 5.41) is 9.21. The molecule has 2 aliphatic rings. The fraction of sp³-hybridized carbons (Fsp3) is 0.846. The smallest absolute Gasteiger partial charge is 0.410 e. The van der Waals surface area contributed by atoms with Crippen molar-refractivity contribution < 1.29 is 19.4 Å². The third-order valence-corrected chi connectivity index (χ3v) is 3.74. The van der Waals surface area contributed by atoms with Crippen molar-refractivity contribution in [3.8, 4) is 0 Å². The summed E-state index contributed by atoms with van der Waals surface area (Å²) in [7, 11) is 0. The van der Waals surface area contributed by atoms with Gasteiger partial charge >= 0.3 is 12.1 Å². The van der Waals surface area contributed by atoms with E-state index in [0.29, 0.717) is 6.42 Å². The average molecular weight is 255 g/mol. The van der Waals surface area contributed by atoms with Gasteiger partial charge in [-0.1, -0.05) is 0 Å². The zero-order valence-corrected chi connectivity index (χ0v) is 11.2. The normalized spacial score (nSPS) is 31.3. The lowest BCUT2D eigenvalue weighted by molar-refractivity contribution is -0.145. The van der Waals surface area contributed by atoms with E-state index in [9.17, 15) is 14.7 Å². The van der Waals surface area contributed by atoms with Gasteiger partial charge in [-0.2, -0.15) is 0 Å². The standard InChI is InChI=1S/C13H21NO4/c1-13(2,3)18-12(17)14-8-4-6-9(11(15)16)10(14)7-5-8/h8-10H,4-7H2,1-3H3,(H,15,16)/t8-,9?,10-/m0/s1. The Morgan fingerprint density at radius 1 is 1.17 bits per heavy atom. The molecule has 0 aliphatic carbocycles. The number of carbonyl (C=O) groups is 2. The first kappa shape index (κ1) is 13.2. The van der Waals surface area contributed by atoms with Crippen molar-refractivity contribution in [2.24, 2.45) is 5.92 Å². The van der Waals surface area contributed by atoms with Gasteiger partial charge in [0.05, 0.1) is 5.92 Å². The average Bonchev–Trinajstić information content (AvgIpc) is 2.49. The number of aliphatic carboxylic acids is 1. The predicted molar refractivity (Wildman–Crippen MR) is 65.2 cm³/mol. The van der Waals surface area contributed by atoms with E-state index < -0.39 is 17.5 Å². The fourth-order valence-electron chi connectivity index (χ4n) is 3.04. The van der Waals surface area contributed by atoms with Crippen molar-refractivity contribution in [3.63, 3.8) is 0 Å². The highest BCUT2D eigenvalue weighted by Crippen LogP contribution is 2.40. The summed E-state index contributed by atoms with van der Waals surface area (Å²) in [6.45, 7) is 5.47. The van der Waals surface area contributed by atoms with E-state index in [-0.39, 0.29) is 18.2 Å². The van der Waals surface area contributed by atoms with Gasteiger partial charge in [-0.05, 0) is 46.5 Å². The summed E-state index contributed by atoms with van der Waals surface area (Å²) in [6, 6.07) is -0.0171. The predicted octanol–water partition coefficient (Wildman–Crippen LogP) is 2.25. The lowest BCUT2D eigenvalue weighted by Crippen LogP contribution is -2.51. The third-order valence-electron chi connectivity index (χ3n) is 3.74. The molecule has 5 nitrogen and oxygen atoms in total. The molecule has 18 heavy (non-hydrogen) atoms. The molecule has 2 aliphatic heterocycles. The van der Waals surface area contributed by atoms with Crippen LogP contribution in [0.15, 0.2) is 0 Å². The Labute approximate surface area is 107 Å². The maximum atomic E-state index is 12.2. The molecule has 0 aromatic heterocycles. The Kier molecular flexibility index (Phi) is 3.25. The minimum Gasteiger partial charge on any atom is -0.481 e. The summed E-state index contributed by atoms with van der Waals surface area (Å²) in [5.74, 6) is -1.23. The SMILES string of the molecule is CC(C)(C)OC(=O)N1[C@H]2CCC(C(=O)O)[C@@H]1CC2. The summed E-state index contributed by atoms with van der Waals surface area (Å²) in [6.07, 6.45) is 2.76. The van der Waals surface area contributed by atoms with Crippen molar-refractivity contribution in [1.29, 1.82) is 0 Å². The molecular formula is C13H21NO4. The number of carboxylic acids is 1. The molecule has 1 amide bonds. The molecular weight excluding hydrogens is 234 g/mol. The number of amides is 1. The van der Waals surface area contributed by atoms with E-state index in [1.165, 1.54) is 0 Å². The second-order valence-electron chi connectivity index (χ2n) is 6.21. The lowest BCUT2D eigenvalue weighted by atomic mass is 9.90. The Morgan fingerprint density at radius 2 is 1.78 bits per heavy atom. The van der Waals surface area contributed by atoms with Gasteiger partial charge in [0.15, 0.2) is 0 Å². The van der Waals surface area contributed by atoms with Crippen LogP contribution < -0.4 is 0 Å². The molecule has 5 heteroatoms. The van der Waals surface area contributed by atoms with Crippen LogP contribution in [0, 0.1) is 5.92 Å². The maximum absolute atomic E-state index is 12.2. The fourth-order valence-corrected chi connectivity index (χ4v) is 3.04. The second kappa shape index (κ2) is 4.44. The van der Waals surface area contributed by atoms with E-state index in [0.717, 1.165) is 19.3 Å². The van der Waals surface area contributed by atoms with Crippen LogP contribution in [0.3, 0.4) is 0 Å². The summed E-state index contributed by atoms with van der Waals surface area (Å²) >= 11 is 0. The highest BCUT2D eigenvalue weighted by Gasteiger charge is 2.48. The topological polar surface area (TPSA) is 66.8 Å². The van der Waals surface area contributed by atoms with Crippen LogP contribution in [0.1, 0.15) is 46.5 Å². The number of fused-ring (bicyclic) bond motifs is 2. The van der Waals surface area contributed by atoms with Gasteiger partial charge < -0.3 is 14.7 Å². The molecule has 2 heterocycles. The Balaban J connectivity index is 2.13. The molecule has 2 saturated heterocycles. The summed E-state index contributed by atoms with van der Waals surface area (Å²) in [5.41, 5.74) is -0.535. The van der Waals surface area contributed by atoms with Crippen molar-refractivity contribution in [1.82, 2.24) is 4.90 Å². The van der Waals surface area contributed by atoms with Gasteiger partial charge in [-0.15, -0.1) is 0 Å². The molecule has 1 N–H and O–H groups in total. The van der Waals surface area contributed by atoms with Crippen LogP contribution in [0.5, 0.6) is 0 Å². The highest BCUT2D eigenvalue weighted by molar-refractivity contribution is 5.75. The highest BCUT2D eigenvalue weighted by atomic mass is 16.6. The quantitative estimate of drug-likeness (QED) is 0.780. The van der Waals surface area contributed by atoms with Crippen molar-refractivity contribution >= 4 is 12.1 Å². The zero-order valence-electron chi connectivity index (χ0n) is 11.2. The van der Waals surface area contributed by atoms with Gasteiger partial charge in [0.1, 0.15) is 5.60 Å². The van der Waals surface area contributed by atoms with Gasteiger partial charge in [-0.25, -0.2) is 4.79 Å². The third kappa shape index (κ3) is 2.44. The molecule has 2 fully saturated rings. The number of carbonyl (C=O) groups excluding carboxylic acids is 1. The van der Waals surface area contributed by atoms with Crippen molar-refractivity contribution in [2.45, 2.75) is 64.1 Å². The molecule has 0 spiro atoms. The van der Waals surface area contributed by atoms with Crippen LogP contribution in [-0.4, -0.2) is 39.8 Å². The van der Waals surface area contributed by atoms with Crippen LogP contribution in [0.4, 0.5) is 4.79 Å². The molecule has 0 aromatic carbocycles. The summed E-state index contributed by atoms with van der Waals surface area (Å²) in [4.78, 5) is 25.0. The number of ether oxygens (including phenoxy) is 1. The Hall–Kier alpha value is -1.26. The molecule has 102 valence electrons.